The molecule has 0 aliphatic carbocycles. The lowest BCUT2D eigenvalue weighted by Crippen LogP contribution is -2.08. The van der Waals surface area contributed by atoms with Crippen molar-refractivity contribution in [2.45, 2.75) is 6.18 Å². The molecule has 7 heteroatoms. The number of fused-ring (bicyclic) bond motifs is 1. The lowest BCUT2D eigenvalue weighted by molar-refractivity contribution is -0.137. The molecule has 0 spiro atoms. The number of hydrogen-bond acceptors (Lipinski definition) is 2. The molecule has 108 valence electrons. The molecule has 1 aromatic carbocycles. The SMILES string of the molecule is O=C(O)n1c(-c2ccc(C(F)(F)F)cc2)cc2ccsc21. The van der Waals surface area contributed by atoms with Crippen molar-refractivity contribution in [3.8, 4) is 11.3 Å². The molecule has 1 N–H and O–H groups in total. The Bertz CT molecular complexity index is 815. The molecule has 0 radical (unpaired) electrons. The third kappa shape index (κ3) is 2.29. The summed E-state index contributed by atoms with van der Waals surface area (Å²) < 4.78 is 38.7. The predicted molar refractivity (Wildman–Crippen MR) is 73.7 cm³/mol. The van der Waals surface area contributed by atoms with Crippen LogP contribution < -0.4 is 0 Å². The van der Waals surface area contributed by atoms with Crippen LogP contribution in [0, 0.1) is 0 Å². The van der Waals surface area contributed by atoms with Crippen molar-refractivity contribution < 1.29 is 23.1 Å². The fourth-order valence-corrected chi connectivity index (χ4v) is 3.04. The number of benzene rings is 1. The summed E-state index contributed by atoms with van der Waals surface area (Å²) in [6, 6.07) is 7.88. The van der Waals surface area contributed by atoms with Gasteiger partial charge in [0.15, 0.2) is 0 Å². The van der Waals surface area contributed by atoms with Crippen molar-refractivity contribution in [1.82, 2.24) is 4.57 Å². The minimum atomic E-state index is -4.41. The van der Waals surface area contributed by atoms with E-state index in [1.807, 2.05) is 0 Å². The van der Waals surface area contributed by atoms with Crippen LogP contribution in [0.15, 0.2) is 41.8 Å². The number of alkyl halides is 3. The van der Waals surface area contributed by atoms with Gasteiger partial charge in [-0.05, 0) is 35.2 Å². The highest BCUT2D eigenvalue weighted by atomic mass is 32.1. The van der Waals surface area contributed by atoms with Crippen LogP contribution >= 0.6 is 11.3 Å². The highest BCUT2D eigenvalue weighted by molar-refractivity contribution is 7.17. The number of carboxylic acid groups (broad SMARTS) is 1. The highest BCUT2D eigenvalue weighted by Gasteiger charge is 2.30. The third-order valence-electron chi connectivity index (χ3n) is 3.11. The average molecular weight is 311 g/mol. The van der Waals surface area contributed by atoms with E-state index < -0.39 is 17.8 Å². The molecule has 3 nitrogen and oxygen atoms in total. The Morgan fingerprint density at radius 3 is 2.38 bits per heavy atom. The van der Waals surface area contributed by atoms with Gasteiger partial charge in [0.25, 0.3) is 0 Å². The van der Waals surface area contributed by atoms with Gasteiger partial charge in [-0.2, -0.15) is 13.2 Å². The molecule has 3 aromatic rings. The molecule has 0 atom stereocenters. The molecule has 0 unspecified atom stereocenters. The minimum Gasteiger partial charge on any atom is -0.464 e. The summed E-state index contributed by atoms with van der Waals surface area (Å²) in [6.45, 7) is 0. The second-order valence-electron chi connectivity index (χ2n) is 4.40. The van der Waals surface area contributed by atoms with Crippen molar-refractivity contribution in [1.29, 1.82) is 0 Å². The van der Waals surface area contributed by atoms with E-state index in [0.29, 0.717) is 16.1 Å². The topological polar surface area (TPSA) is 42.2 Å². The summed E-state index contributed by atoms with van der Waals surface area (Å²) in [7, 11) is 0. The minimum absolute atomic E-state index is 0.359. The number of hydrogen-bond donors (Lipinski definition) is 1. The van der Waals surface area contributed by atoms with E-state index >= 15 is 0 Å². The van der Waals surface area contributed by atoms with Gasteiger partial charge in [-0.25, -0.2) is 9.36 Å². The third-order valence-corrected chi connectivity index (χ3v) is 4.02. The quantitative estimate of drug-likeness (QED) is 0.693. The van der Waals surface area contributed by atoms with Crippen molar-refractivity contribution in [2.24, 2.45) is 0 Å². The Labute approximate surface area is 120 Å². The van der Waals surface area contributed by atoms with Gasteiger partial charge >= 0.3 is 12.3 Å². The monoisotopic (exact) mass is 311 g/mol. The molecule has 0 amide bonds. The molecule has 0 bridgehead atoms. The Hall–Kier alpha value is -2.28. The van der Waals surface area contributed by atoms with Crippen molar-refractivity contribution >= 4 is 27.6 Å². The second kappa shape index (κ2) is 4.63. The first-order chi connectivity index (χ1) is 9.88. The van der Waals surface area contributed by atoms with Crippen molar-refractivity contribution in [3.63, 3.8) is 0 Å². The summed E-state index contributed by atoms with van der Waals surface area (Å²) in [6.07, 6.45) is -5.57. The van der Waals surface area contributed by atoms with Crippen LogP contribution in [0.2, 0.25) is 0 Å². The molecule has 0 fully saturated rings. The number of thiophene rings is 1. The Morgan fingerprint density at radius 2 is 1.81 bits per heavy atom. The lowest BCUT2D eigenvalue weighted by Gasteiger charge is -2.08. The van der Waals surface area contributed by atoms with Crippen molar-refractivity contribution in [3.05, 3.63) is 47.3 Å². The van der Waals surface area contributed by atoms with Gasteiger partial charge in [-0.3, -0.25) is 0 Å². The smallest absolute Gasteiger partial charge is 0.417 e. The Morgan fingerprint density at radius 1 is 1.14 bits per heavy atom. The number of nitrogens with zero attached hydrogens (tertiary/aromatic N) is 1. The van der Waals surface area contributed by atoms with Gasteiger partial charge in [0.1, 0.15) is 4.83 Å². The van der Waals surface area contributed by atoms with Gasteiger partial charge < -0.3 is 5.11 Å². The van der Waals surface area contributed by atoms with E-state index in [4.69, 9.17) is 0 Å². The average Bonchev–Trinajstić information content (AvgIpc) is 2.96. The highest BCUT2D eigenvalue weighted by Crippen LogP contribution is 2.34. The number of rotatable bonds is 1. The Balaban J connectivity index is 2.14. The van der Waals surface area contributed by atoms with Gasteiger partial charge in [-0.1, -0.05) is 12.1 Å². The van der Waals surface area contributed by atoms with Crippen LogP contribution in [0.5, 0.6) is 0 Å². The van der Waals surface area contributed by atoms with Crippen molar-refractivity contribution in [2.75, 3.05) is 0 Å². The fourth-order valence-electron chi connectivity index (χ4n) is 2.16. The van der Waals surface area contributed by atoms with Gasteiger partial charge in [-0.15, -0.1) is 11.3 Å². The molecule has 2 aromatic heterocycles. The molecular formula is C14H8F3NO2S. The molecule has 0 saturated heterocycles. The summed E-state index contributed by atoms with van der Waals surface area (Å²) in [4.78, 5) is 11.9. The first-order valence-corrected chi connectivity index (χ1v) is 6.76. The molecule has 3 rings (SSSR count). The van der Waals surface area contributed by atoms with E-state index in [2.05, 4.69) is 0 Å². The van der Waals surface area contributed by atoms with E-state index in [0.717, 1.165) is 22.1 Å². The van der Waals surface area contributed by atoms with Crippen LogP contribution in [0.1, 0.15) is 5.56 Å². The molecule has 2 heterocycles. The summed E-state index contributed by atoms with van der Waals surface area (Å²) in [5.41, 5.74) is 0.0216. The molecule has 0 saturated carbocycles. The maximum atomic E-state index is 12.5. The van der Waals surface area contributed by atoms with Gasteiger partial charge in [0.05, 0.1) is 11.3 Å². The fraction of sp³-hybridized carbons (Fsp3) is 0.0714. The lowest BCUT2D eigenvalue weighted by atomic mass is 10.1. The van der Waals surface area contributed by atoms with Crippen LogP contribution in [-0.4, -0.2) is 15.8 Å². The molecule has 21 heavy (non-hydrogen) atoms. The normalized spacial score (nSPS) is 12.0. The summed E-state index contributed by atoms with van der Waals surface area (Å²) in [5, 5.41) is 11.8. The maximum absolute atomic E-state index is 12.5. The number of carbonyl (C=O) groups is 1. The Kier molecular flexibility index (Phi) is 3.02. The predicted octanol–water partition coefficient (Wildman–Crippen LogP) is 4.91. The van der Waals surface area contributed by atoms with Crippen LogP contribution in [0.4, 0.5) is 18.0 Å². The molecule has 0 aliphatic rings. The zero-order chi connectivity index (χ0) is 15.2. The zero-order valence-electron chi connectivity index (χ0n) is 10.4. The van der Waals surface area contributed by atoms with Gasteiger partial charge in [0, 0.05) is 5.39 Å². The van der Waals surface area contributed by atoms with Crippen LogP contribution in [0.3, 0.4) is 0 Å². The van der Waals surface area contributed by atoms with E-state index in [1.54, 1.807) is 17.5 Å². The van der Waals surface area contributed by atoms with E-state index in [-0.39, 0.29) is 0 Å². The second-order valence-corrected chi connectivity index (χ2v) is 5.30. The molecule has 0 aliphatic heterocycles. The van der Waals surface area contributed by atoms with Crippen LogP contribution in [0.25, 0.3) is 21.5 Å². The van der Waals surface area contributed by atoms with E-state index in [1.165, 1.54) is 23.5 Å². The summed E-state index contributed by atoms with van der Waals surface area (Å²) in [5.74, 6) is 0. The van der Waals surface area contributed by atoms with E-state index in [9.17, 15) is 23.1 Å². The summed E-state index contributed by atoms with van der Waals surface area (Å²) >= 11 is 1.27. The van der Waals surface area contributed by atoms with Crippen LogP contribution in [-0.2, 0) is 6.18 Å². The van der Waals surface area contributed by atoms with Gasteiger partial charge in [0.2, 0.25) is 0 Å². The maximum Gasteiger partial charge on any atom is 0.417 e. The first-order valence-electron chi connectivity index (χ1n) is 5.88. The number of aromatic nitrogens is 1. The zero-order valence-corrected chi connectivity index (χ0v) is 11.2. The number of halogens is 3. The first kappa shape index (κ1) is 13.7. The standard InChI is InChI=1S/C14H8F3NO2S/c15-14(16,17)10-3-1-8(2-4-10)11-7-9-5-6-21-12(9)18(11)13(19)20/h1-7H,(H,19,20). The molecular weight excluding hydrogens is 303 g/mol. The largest absolute Gasteiger partial charge is 0.464 e.